The summed E-state index contributed by atoms with van der Waals surface area (Å²) >= 11 is 4.18. The van der Waals surface area contributed by atoms with Gasteiger partial charge in [0.2, 0.25) is 0 Å². The number of carbonyl (C=O) groups excluding carboxylic acids is 7. The summed E-state index contributed by atoms with van der Waals surface area (Å²) in [5.74, 6) is 9.75. The van der Waals surface area contributed by atoms with Crippen molar-refractivity contribution in [3.05, 3.63) is 153 Å². The van der Waals surface area contributed by atoms with Crippen LogP contribution >= 0.6 is 45.2 Å². The maximum atomic E-state index is 12.2. The molecule has 5 aliphatic rings. The average Bonchev–Trinajstić information content (AvgIpc) is 1.63. The molecule has 0 aromatic carbocycles. The Hall–Kier alpha value is -5.35. The second kappa shape index (κ2) is 63.6. The predicted molar refractivity (Wildman–Crippen MR) is 414 cm³/mol. The summed E-state index contributed by atoms with van der Waals surface area (Å²) in [6.45, 7) is 48.0. The Morgan fingerprint density at radius 2 is 0.990 bits per heavy atom. The van der Waals surface area contributed by atoms with Crippen LogP contribution in [0.25, 0.3) is 0 Å². The van der Waals surface area contributed by atoms with E-state index in [1.165, 1.54) is 35.1 Å². The third-order valence-corrected chi connectivity index (χ3v) is 19.1. The number of ketones is 1. The fourth-order valence-corrected chi connectivity index (χ4v) is 11.7. The molecule has 4 fully saturated rings. The first-order valence-electron chi connectivity index (χ1n) is 33.9. The van der Waals surface area contributed by atoms with E-state index < -0.39 is 11.7 Å². The van der Waals surface area contributed by atoms with Crippen molar-refractivity contribution in [2.24, 2.45) is 35.5 Å². The second-order valence-electron chi connectivity index (χ2n) is 25.0. The van der Waals surface area contributed by atoms with Crippen molar-refractivity contribution in [3.8, 4) is 24.2 Å². The molecule has 0 bridgehead atoms. The number of carbonyl (C=O) groups is 1. The van der Waals surface area contributed by atoms with Gasteiger partial charge in [-0.1, -0.05) is 160 Å². The quantitative estimate of drug-likeness (QED) is 0.0258. The van der Waals surface area contributed by atoms with E-state index in [-0.39, 0.29) is 74.5 Å². The zero-order chi connectivity index (χ0) is 77.0. The molecule has 0 spiro atoms. The molecule has 2 heterocycles. The number of epoxide rings is 2. The van der Waals surface area contributed by atoms with Crippen molar-refractivity contribution >= 4 is 69.4 Å². The standard InChI is InChI=1S/C21H36O3.C19H30O.C17H26O2.2C6H9IO.C6H8O.C3H4O.3CO2/c1-7-16(9-10-18(22)20(4,5)23)17-12-13-21(6)19(24-21)11-8-14(2)15(17)3;1-6-8-9-16(7-2)17-12-13-19(5)18(20-19)11-10-14(3)15(17)4;1-4-5-8-15(12-18)16-11-10-13(2)7-6-9-17(19)14(16)3;2*1-2-3-4-6(7)5-8;1-2-3-4-5-6-7;1-2-3-4;3*2-1-3/h9,15,17-19,22-23H,2,7-8,10-13H2,1,3-6H3;6,9,15,17-18H,1,3,7-8,10-13H2,2,4-5H3;4,7-8,14,16,18H,1,5-6,9-12H2,2-3H3;2*2,4,8H,1,3,5H2;2,7H,1,3,6H2;1,4H,3H2;;;/b2*16-9-;13-7+,15-8-;2*6-4-;;;;;/t15-,17+,18?,19+,21+;15-,17+,18+,19+;14-,16-;;;;;;;/m110......./s1. The molecule has 99 heavy (non-hydrogen) atoms. The number of fused-ring (bicyclic) bond motifs is 2. The molecule has 2 saturated carbocycles. The number of aliphatic hydroxyl groups is 7. The molecule has 5 rings (SSSR count). The lowest BCUT2D eigenvalue weighted by Gasteiger charge is -2.29. The molecule has 2 aliphatic heterocycles. The van der Waals surface area contributed by atoms with Gasteiger partial charge in [-0.05, 0) is 231 Å². The highest BCUT2D eigenvalue weighted by molar-refractivity contribution is 14.1. The topological polar surface area (TPSA) is 286 Å². The third kappa shape index (κ3) is 49.8. The number of hydrogen-bond donors (Lipinski definition) is 7. The number of terminal acetylenes is 1. The van der Waals surface area contributed by atoms with Gasteiger partial charge in [0, 0.05) is 25.9 Å². The number of aliphatic hydroxyl groups excluding tert-OH is 6. The summed E-state index contributed by atoms with van der Waals surface area (Å²) in [5.41, 5.74) is 7.20. The molecule has 7 N–H and O–H groups in total. The fraction of sp³-hybridized carbons (Fsp3) is 0.580. The van der Waals surface area contributed by atoms with E-state index in [1.807, 2.05) is 43.2 Å². The van der Waals surface area contributed by atoms with E-state index in [9.17, 15) is 20.1 Å². The van der Waals surface area contributed by atoms with E-state index in [1.54, 1.807) is 37.6 Å². The van der Waals surface area contributed by atoms with Gasteiger partial charge in [-0.15, -0.1) is 39.3 Å². The van der Waals surface area contributed by atoms with Crippen LogP contribution in [0.3, 0.4) is 0 Å². The van der Waals surface area contributed by atoms with Gasteiger partial charge in [0.05, 0.1) is 54.9 Å². The zero-order valence-corrected chi connectivity index (χ0v) is 65.6. The van der Waals surface area contributed by atoms with Gasteiger partial charge in [0.1, 0.15) is 19.0 Å². The second-order valence-corrected chi connectivity index (χ2v) is 27.8. The Bertz CT molecular complexity index is 2710. The lowest BCUT2D eigenvalue weighted by molar-refractivity contribution is -0.193. The van der Waals surface area contributed by atoms with Gasteiger partial charge in [-0.2, -0.15) is 28.8 Å². The first-order chi connectivity index (χ1) is 46.9. The van der Waals surface area contributed by atoms with Crippen LogP contribution in [-0.2, 0) is 43.0 Å². The van der Waals surface area contributed by atoms with Crippen molar-refractivity contribution in [2.75, 3.05) is 33.0 Å². The molecule has 3 aliphatic carbocycles. The monoisotopic (exact) mass is 1600 g/mol. The van der Waals surface area contributed by atoms with E-state index in [0.717, 1.165) is 109 Å². The molecule has 2 saturated heterocycles. The Morgan fingerprint density at radius 1 is 0.606 bits per heavy atom. The first-order valence-corrected chi connectivity index (χ1v) is 36.1. The number of halogens is 2. The summed E-state index contributed by atoms with van der Waals surface area (Å²) in [4.78, 5) is 60.9. The normalized spacial score (nSPS) is 24.9. The molecular weight excluding hydrogens is 1480 g/mol. The van der Waals surface area contributed by atoms with E-state index in [2.05, 4.69) is 176 Å². The summed E-state index contributed by atoms with van der Waals surface area (Å²) in [7, 11) is 0. The lowest BCUT2D eigenvalue weighted by atomic mass is 9.77. The Kier molecular flexibility index (Phi) is 65.7. The summed E-state index contributed by atoms with van der Waals surface area (Å²) < 4.78 is 13.8. The third-order valence-electron chi connectivity index (χ3n) is 17.6. The number of allylic oxidation sites excluding steroid dienone is 15. The molecule has 16 nitrogen and oxygen atoms in total. The van der Waals surface area contributed by atoms with Crippen LogP contribution in [0.15, 0.2) is 153 Å². The molecule has 1 unspecified atom stereocenters. The van der Waals surface area contributed by atoms with Crippen LogP contribution in [0.2, 0.25) is 0 Å². The van der Waals surface area contributed by atoms with Crippen LogP contribution in [0.5, 0.6) is 0 Å². The minimum atomic E-state index is -1.06. The maximum absolute atomic E-state index is 12.2. The van der Waals surface area contributed by atoms with E-state index >= 15 is 0 Å². The van der Waals surface area contributed by atoms with Crippen molar-refractivity contribution in [1.82, 2.24) is 0 Å². The molecule has 0 aromatic heterocycles. The summed E-state index contributed by atoms with van der Waals surface area (Å²) in [6.07, 6.45) is 46.3. The molecule has 11 atom stereocenters. The highest BCUT2D eigenvalue weighted by atomic mass is 127. The highest BCUT2D eigenvalue weighted by Gasteiger charge is 2.53. The van der Waals surface area contributed by atoms with E-state index in [4.69, 9.17) is 58.7 Å². The average molecular weight is 1610 g/mol. The molecule has 0 aromatic rings. The Morgan fingerprint density at radius 3 is 1.33 bits per heavy atom. The summed E-state index contributed by atoms with van der Waals surface area (Å²) in [5, 5.41) is 62.3. The summed E-state index contributed by atoms with van der Waals surface area (Å²) in [6, 6.07) is 0. The molecule has 0 amide bonds. The number of ether oxygens (including phenoxy) is 2. The van der Waals surface area contributed by atoms with Crippen LogP contribution in [0.4, 0.5) is 0 Å². The van der Waals surface area contributed by atoms with Gasteiger partial charge in [-0.25, -0.2) is 0 Å². The predicted octanol–water partition coefficient (Wildman–Crippen LogP) is 15.8. The first kappa shape index (κ1) is 102. The minimum absolute atomic E-state index is 0.00233. The van der Waals surface area contributed by atoms with Crippen molar-refractivity contribution in [2.45, 2.75) is 233 Å². The SMILES string of the molecule is C#CCO.C=C1CC[C@@H]2O[C@@]2(C)CC[C@H](/C(=C\CC(O)C(C)(C)O)CC)[C@@H]1C.C=CC/C=C(/CC)[C@H]1CC[C@]2(C)O[C@H]2CCC(=C)[C@H]1C.C=CC/C=C(/CO)[C@H]1CC/C(C)=C/CCC(=O)[C@H]1C.C=CC/C=C(\I)CO.C=CC/C=C(\I)CO.C=CCC#CCO.O=C=O.O=C=O.O=C=O. The molecule has 0 radical (unpaired) electrons. The molecular formula is C81H122I2O16. The minimum Gasteiger partial charge on any atom is -0.392 e. The van der Waals surface area contributed by atoms with Gasteiger partial charge in [0.25, 0.3) is 0 Å². The van der Waals surface area contributed by atoms with E-state index in [0.29, 0.717) is 60.9 Å². The largest absolute Gasteiger partial charge is 0.392 e. The van der Waals surface area contributed by atoms with Crippen molar-refractivity contribution in [3.63, 3.8) is 0 Å². The Balaban J connectivity index is -0.000000360. The zero-order valence-electron chi connectivity index (χ0n) is 61.3. The van der Waals surface area contributed by atoms with Crippen molar-refractivity contribution < 1.29 is 78.8 Å². The number of Topliss-reactive ketones (excluding diaryl/α,β-unsaturated/α-hetero) is 1. The highest BCUT2D eigenvalue weighted by Crippen LogP contribution is 2.50. The fourth-order valence-electron chi connectivity index (χ4n) is 11.2. The van der Waals surface area contributed by atoms with Gasteiger partial charge in [0.15, 0.2) is 0 Å². The van der Waals surface area contributed by atoms with Gasteiger partial charge < -0.3 is 45.2 Å². The maximum Gasteiger partial charge on any atom is 0.373 e. The van der Waals surface area contributed by atoms with Crippen LogP contribution in [0, 0.1) is 59.7 Å². The van der Waals surface area contributed by atoms with Crippen LogP contribution < -0.4 is 0 Å². The lowest BCUT2D eigenvalue weighted by Crippen LogP contribution is -2.35. The molecule has 18 heteroatoms. The molecule has 556 valence electrons. The van der Waals surface area contributed by atoms with Gasteiger partial charge in [-0.3, -0.25) is 4.79 Å². The van der Waals surface area contributed by atoms with Crippen LogP contribution in [-0.4, -0.2) is 128 Å². The smallest absolute Gasteiger partial charge is 0.373 e. The number of hydrogen-bond acceptors (Lipinski definition) is 16. The Labute approximate surface area is 622 Å². The van der Waals surface area contributed by atoms with Crippen LogP contribution in [0.1, 0.15) is 198 Å². The number of rotatable bonds is 20. The van der Waals surface area contributed by atoms with Gasteiger partial charge >= 0.3 is 18.5 Å². The van der Waals surface area contributed by atoms with Crippen molar-refractivity contribution in [1.29, 1.82) is 0 Å².